The predicted octanol–water partition coefficient (Wildman–Crippen LogP) is 2.83. The molecule has 1 aromatic carbocycles. The zero-order valence-corrected chi connectivity index (χ0v) is 18.2. The van der Waals surface area contributed by atoms with Gasteiger partial charge in [0.05, 0.1) is 12.1 Å². The van der Waals surface area contributed by atoms with Gasteiger partial charge in [-0.1, -0.05) is 41.0 Å². The van der Waals surface area contributed by atoms with Crippen LogP contribution in [-0.4, -0.2) is 56.3 Å². The SMILES string of the molecule is O=C1CC[C@H](C=C[C@@H](O)Cc2cccc(Cl)c2)N1CCSCCCc1noc(=O)[nH]1. The summed E-state index contributed by atoms with van der Waals surface area (Å²) in [7, 11) is 0. The molecular weight excluding hydrogens is 426 g/mol. The third-order valence-corrected chi connectivity index (χ3v) is 6.21. The third kappa shape index (κ3) is 7.04. The van der Waals surface area contributed by atoms with Crippen molar-refractivity contribution in [2.45, 2.75) is 44.2 Å². The molecule has 2 aromatic rings. The maximum Gasteiger partial charge on any atom is 0.438 e. The molecule has 0 spiro atoms. The van der Waals surface area contributed by atoms with Crippen molar-refractivity contribution in [3.05, 3.63) is 63.4 Å². The van der Waals surface area contributed by atoms with E-state index >= 15 is 0 Å². The van der Waals surface area contributed by atoms with Gasteiger partial charge < -0.3 is 10.0 Å². The van der Waals surface area contributed by atoms with Crippen molar-refractivity contribution in [3.63, 3.8) is 0 Å². The maximum atomic E-state index is 12.2. The molecule has 0 saturated carbocycles. The van der Waals surface area contributed by atoms with Crippen LogP contribution in [0.25, 0.3) is 0 Å². The fourth-order valence-electron chi connectivity index (χ4n) is 3.45. The molecule has 162 valence electrons. The molecule has 1 aliphatic rings. The Morgan fingerprint density at radius 1 is 1.40 bits per heavy atom. The maximum absolute atomic E-state index is 12.2. The lowest BCUT2D eigenvalue weighted by Gasteiger charge is -2.22. The largest absolute Gasteiger partial charge is 0.438 e. The summed E-state index contributed by atoms with van der Waals surface area (Å²) in [5, 5.41) is 14.6. The summed E-state index contributed by atoms with van der Waals surface area (Å²) in [5.74, 6) is 1.96. The highest BCUT2D eigenvalue weighted by Gasteiger charge is 2.28. The molecule has 0 radical (unpaired) electrons. The number of rotatable bonds is 11. The number of aliphatic hydroxyl groups is 1. The number of amides is 1. The van der Waals surface area contributed by atoms with E-state index in [4.69, 9.17) is 11.6 Å². The number of nitrogens with one attached hydrogen (secondary N) is 1. The van der Waals surface area contributed by atoms with Gasteiger partial charge in [0.25, 0.3) is 0 Å². The topological polar surface area (TPSA) is 99.4 Å². The molecule has 0 bridgehead atoms. The quantitative estimate of drug-likeness (QED) is 0.402. The van der Waals surface area contributed by atoms with Crippen molar-refractivity contribution < 1.29 is 14.4 Å². The van der Waals surface area contributed by atoms with Gasteiger partial charge in [0, 0.05) is 36.6 Å². The molecule has 0 aliphatic carbocycles. The summed E-state index contributed by atoms with van der Waals surface area (Å²) in [5.41, 5.74) is 0.977. The lowest BCUT2D eigenvalue weighted by atomic mass is 10.1. The molecule has 2 atom stereocenters. The van der Waals surface area contributed by atoms with Crippen LogP contribution >= 0.6 is 23.4 Å². The molecule has 0 unspecified atom stereocenters. The molecule has 9 heteroatoms. The Labute approximate surface area is 184 Å². The van der Waals surface area contributed by atoms with Gasteiger partial charge in [-0.2, -0.15) is 11.8 Å². The van der Waals surface area contributed by atoms with E-state index in [-0.39, 0.29) is 11.9 Å². The molecule has 1 fully saturated rings. The minimum atomic E-state index is -0.613. The number of carbonyl (C=O) groups excluding carboxylic acids is 1. The Kier molecular flexibility index (Phi) is 8.60. The lowest BCUT2D eigenvalue weighted by Crippen LogP contribution is -2.34. The molecule has 1 aliphatic heterocycles. The predicted molar refractivity (Wildman–Crippen MR) is 118 cm³/mol. The third-order valence-electron chi connectivity index (χ3n) is 4.93. The lowest BCUT2D eigenvalue weighted by molar-refractivity contribution is -0.128. The summed E-state index contributed by atoms with van der Waals surface area (Å²) in [6.07, 6.45) is 6.47. The van der Waals surface area contributed by atoms with Crippen LogP contribution in [0.1, 0.15) is 30.7 Å². The van der Waals surface area contributed by atoms with Gasteiger partial charge in [-0.3, -0.25) is 14.3 Å². The van der Waals surface area contributed by atoms with E-state index in [1.807, 2.05) is 35.2 Å². The van der Waals surface area contributed by atoms with Crippen LogP contribution in [-0.2, 0) is 17.6 Å². The molecule has 2 N–H and O–H groups in total. The Balaban J connectivity index is 1.38. The highest BCUT2D eigenvalue weighted by atomic mass is 35.5. The number of halogens is 1. The fraction of sp³-hybridized carbons (Fsp3) is 0.476. The zero-order chi connectivity index (χ0) is 21.3. The summed E-state index contributed by atoms with van der Waals surface area (Å²) in [4.78, 5) is 27.5. The number of aromatic amines is 1. The van der Waals surface area contributed by atoms with E-state index < -0.39 is 11.9 Å². The second kappa shape index (κ2) is 11.4. The smallest absolute Gasteiger partial charge is 0.389 e. The monoisotopic (exact) mass is 451 g/mol. The first kappa shape index (κ1) is 22.7. The van der Waals surface area contributed by atoms with E-state index in [2.05, 4.69) is 14.7 Å². The number of aliphatic hydroxyl groups excluding tert-OH is 1. The van der Waals surface area contributed by atoms with Gasteiger partial charge in [-0.05, 0) is 36.3 Å². The Morgan fingerprint density at radius 2 is 2.27 bits per heavy atom. The van der Waals surface area contributed by atoms with Crippen LogP contribution in [0, 0.1) is 0 Å². The van der Waals surface area contributed by atoms with E-state index in [1.54, 1.807) is 17.8 Å². The average molecular weight is 452 g/mol. The van der Waals surface area contributed by atoms with Crippen LogP contribution in [0.4, 0.5) is 0 Å². The average Bonchev–Trinajstić information content (AvgIpc) is 3.28. The first-order valence-electron chi connectivity index (χ1n) is 10.0. The van der Waals surface area contributed by atoms with Gasteiger partial charge in [0.15, 0.2) is 5.82 Å². The van der Waals surface area contributed by atoms with Gasteiger partial charge in [-0.15, -0.1) is 0 Å². The number of hydrogen-bond donors (Lipinski definition) is 2. The number of aromatic nitrogens is 2. The number of carbonyl (C=O) groups is 1. The van der Waals surface area contributed by atoms with Crippen LogP contribution in [0.15, 0.2) is 45.7 Å². The second-order valence-electron chi connectivity index (χ2n) is 7.24. The van der Waals surface area contributed by atoms with E-state index in [0.29, 0.717) is 36.7 Å². The molecule has 1 aromatic heterocycles. The fourth-order valence-corrected chi connectivity index (χ4v) is 4.54. The summed E-state index contributed by atoms with van der Waals surface area (Å²) in [6, 6.07) is 7.50. The number of likely N-dealkylation sites (tertiary alicyclic amines) is 1. The van der Waals surface area contributed by atoms with Crippen molar-refractivity contribution in [2.24, 2.45) is 0 Å². The molecule has 1 saturated heterocycles. The van der Waals surface area contributed by atoms with E-state index in [0.717, 1.165) is 29.9 Å². The Bertz CT molecular complexity index is 913. The number of hydrogen-bond acceptors (Lipinski definition) is 6. The van der Waals surface area contributed by atoms with Gasteiger partial charge >= 0.3 is 5.76 Å². The first-order chi connectivity index (χ1) is 14.5. The van der Waals surface area contributed by atoms with Crippen molar-refractivity contribution in [1.82, 2.24) is 15.0 Å². The summed E-state index contributed by atoms with van der Waals surface area (Å²) >= 11 is 7.76. The van der Waals surface area contributed by atoms with Crippen LogP contribution in [0.5, 0.6) is 0 Å². The summed E-state index contributed by atoms with van der Waals surface area (Å²) in [6.45, 7) is 0.684. The molecule has 7 nitrogen and oxygen atoms in total. The number of benzene rings is 1. The Hall–Kier alpha value is -2.03. The van der Waals surface area contributed by atoms with Crippen molar-refractivity contribution in [1.29, 1.82) is 0 Å². The molecular formula is C21H26ClN3O4S. The van der Waals surface area contributed by atoms with E-state index in [1.165, 1.54) is 0 Å². The first-order valence-corrected chi connectivity index (χ1v) is 11.6. The molecule has 1 amide bonds. The second-order valence-corrected chi connectivity index (χ2v) is 8.90. The van der Waals surface area contributed by atoms with E-state index in [9.17, 15) is 14.7 Å². The minimum Gasteiger partial charge on any atom is -0.389 e. The van der Waals surface area contributed by atoms with Gasteiger partial charge in [-0.25, -0.2) is 4.79 Å². The highest BCUT2D eigenvalue weighted by Crippen LogP contribution is 2.21. The van der Waals surface area contributed by atoms with Crippen molar-refractivity contribution in [3.8, 4) is 0 Å². The molecule has 30 heavy (non-hydrogen) atoms. The number of thioether (sulfide) groups is 1. The van der Waals surface area contributed by atoms with Gasteiger partial charge in [0.1, 0.15) is 0 Å². The van der Waals surface area contributed by atoms with Gasteiger partial charge in [0.2, 0.25) is 5.91 Å². The molecule has 2 heterocycles. The van der Waals surface area contributed by atoms with Crippen molar-refractivity contribution >= 4 is 29.3 Å². The highest BCUT2D eigenvalue weighted by molar-refractivity contribution is 7.99. The standard InChI is InChI=1S/C21H26ClN3O4S/c22-16-4-1-3-15(13-16)14-18(26)8-6-17-7-9-20(27)25(17)10-12-30-11-2-5-19-23-21(28)29-24-19/h1,3-4,6,8,13,17-18,26H,2,5,7,9-12,14H2,(H,23,24,28)/t17-,18+/m0/s1. The number of H-pyrrole nitrogens is 1. The van der Waals surface area contributed by atoms with Crippen LogP contribution < -0.4 is 5.76 Å². The number of aryl methyl sites for hydroxylation is 1. The van der Waals surface area contributed by atoms with Crippen LogP contribution in [0.2, 0.25) is 5.02 Å². The number of nitrogens with zero attached hydrogens (tertiary/aromatic N) is 2. The normalized spacial score (nSPS) is 17.9. The summed E-state index contributed by atoms with van der Waals surface area (Å²) < 4.78 is 4.47. The molecule has 3 rings (SSSR count). The zero-order valence-electron chi connectivity index (χ0n) is 16.6. The minimum absolute atomic E-state index is 0.0346. The van der Waals surface area contributed by atoms with Crippen molar-refractivity contribution in [2.75, 3.05) is 18.1 Å². The van der Waals surface area contributed by atoms with Crippen LogP contribution in [0.3, 0.4) is 0 Å². The Morgan fingerprint density at radius 3 is 3.03 bits per heavy atom.